The van der Waals surface area contributed by atoms with Crippen molar-refractivity contribution in [2.75, 3.05) is 14.2 Å². The Bertz CT molecular complexity index is 551. The van der Waals surface area contributed by atoms with E-state index in [1.54, 1.807) is 38.6 Å². The average Bonchev–Trinajstić information content (AvgIpc) is 2.94. The molecule has 2 rings (SSSR count). The average molecular weight is 262 g/mol. The van der Waals surface area contributed by atoms with Crippen LogP contribution in [0.4, 0.5) is 0 Å². The summed E-state index contributed by atoms with van der Waals surface area (Å²) in [4.78, 5) is 4.21. The number of hydrogen-bond acceptors (Lipinski definition) is 4. The standard InChI is InChI=1S/C14H18N2O3/c1-4-16-8-7-15-14(16)13(17)11-9-10(18-2)5-6-12(11)19-3/h5-9,13,17H,4H2,1-3H3. The van der Waals surface area contributed by atoms with Crippen LogP contribution in [0.25, 0.3) is 0 Å². The molecule has 2 aromatic rings. The number of methoxy groups -OCH3 is 2. The molecule has 0 bridgehead atoms. The summed E-state index contributed by atoms with van der Waals surface area (Å²) in [5.41, 5.74) is 0.641. The van der Waals surface area contributed by atoms with E-state index < -0.39 is 6.10 Å². The first-order valence-electron chi connectivity index (χ1n) is 6.12. The minimum Gasteiger partial charge on any atom is -0.497 e. The number of aliphatic hydroxyl groups excluding tert-OH is 1. The van der Waals surface area contributed by atoms with E-state index >= 15 is 0 Å². The Labute approximate surface area is 112 Å². The summed E-state index contributed by atoms with van der Waals surface area (Å²) in [6.45, 7) is 2.75. The van der Waals surface area contributed by atoms with E-state index in [0.29, 0.717) is 22.9 Å². The third-order valence-electron chi connectivity index (χ3n) is 3.06. The third-order valence-corrected chi connectivity index (χ3v) is 3.06. The highest BCUT2D eigenvalue weighted by Crippen LogP contribution is 2.32. The Morgan fingerprint density at radius 3 is 2.74 bits per heavy atom. The van der Waals surface area contributed by atoms with Gasteiger partial charge in [-0.15, -0.1) is 0 Å². The first kappa shape index (κ1) is 13.4. The lowest BCUT2D eigenvalue weighted by molar-refractivity contribution is 0.199. The largest absolute Gasteiger partial charge is 0.497 e. The summed E-state index contributed by atoms with van der Waals surface area (Å²) in [5, 5.41) is 10.5. The van der Waals surface area contributed by atoms with Crippen LogP contribution in [0.3, 0.4) is 0 Å². The van der Waals surface area contributed by atoms with Crippen molar-refractivity contribution in [1.82, 2.24) is 9.55 Å². The van der Waals surface area contributed by atoms with Crippen LogP contribution in [0.2, 0.25) is 0 Å². The Kier molecular flexibility index (Phi) is 4.06. The third kappa shape index (κ3) is 2.56. The van der Waals surface area contributed by atoms with Crippen molar-refractivity contribution in [3.05, 3.63) is 42.0 Å². The molecule has 0 aliphatic heterocycles. The van der Waals surface area contributed by atoms with E-state index in [1.807, 2.05) is 17.7 Å². The van der Waals surface area contributed by atoms with E-state index in [-0.39, 0.29) is 0 Å². The summed E-state index contributed by atoms with van der Waals surface area (Å²) < 4.78 is 12.4. The minimum absolute atomic E-state index is 0.592. The highest BCUT2D eigenvalue weighted by molar-refractivity contribution is 5.43. The zero-order valence-electron chi connectivity index (χ0n) is 11.3. The minimum atomic E-state index is -0.847. The van der Waals surface area contributed by atoms with Crippen molar-refractivity contribution in [1.29, 1.82) is 0 Å². The van der Waals surface area contributed by atoms with Crippen LogP contribution in [0.1, 0.15) is 24.4 Å². The normalized spacial score (nSPS) is 12.2. The van der Waals surface area contributed by atoms with Crippen LogP contribution in [0.15, 0.2) is 30.6 Å². The maximum Gasteiger partial charge on any atom is 0.142 e. The molecule has 1 N–H and O–H groups in total. The van der Waals surface area contributed by atoms with Crippen LogP contribution in [-0.2, 0) is 6.54 Å². The van der Waals surface area contributed by atoms with Gasteiger partial charge in [0.25, 0.3) is 0 Å². The predicted molar refractivity (Wildman–Crippen MR) is 71.5 cm³/mol. The highest BCUT2D eigenvalue weighted by atomic mass is 16.5. The first-order chi connectivity index (χ1) is 9.21. The quantitative estimate of drug-likeness (QED) is 0.895. The fraction of sp³-hybridized carbons (Fsp3) is 0.357. The van der Waals surface area contributed by atoms with Gasteiger partial charge in [0.05, 0.1) is 14.2 Å². The van der Waals surface area contributed by atoms with Gasteiger partial charge in [0, 0.05) is 24.5 Å². The van der Waals surface area contributed by atoms with E-state index in [2.05, 4.69) is 4.98 Å². The van der Waals surface area contributed by atoms with Gasteiger partial charge in [0.2, 0.25) is 0 Å². The molecule has 0 aliphatic carbocycles. The summed E-state index contributed by atoms with van der Waals surface area (Å²) in [5.74, 6) is 1.87. The molecule has 0 spiro atoms. The summed E-state index contributed by atoms with van der Waals surface area (Å²) >= 11 is 0. The van der Waals surface area contributed by atoms with E-state index in [1.165, 1.54) is 0 Å². The number of aliphatic hydroxyl groups is 1. The molecule has 5 heteroatoms. The number of aryl methyl sites for hydroxylation is 1. The maximum absolute atomic E-state index is 10.5. The number of ether oxygens (including phenoxy) is 2. The lowest BCUT2D eigenvalue weighted by atomic mass is 10.1. The van der Waals surface area contributed by atoms with Crippen molar-refractivity contribution in [2.45, 2.75) is 19.6 Å². The number of hydrogen-bond donors (Lipinski definition) is 1. The predicted octanol–water partition coefficient (Wildman–Crippen LogP) is 2.00. The molecule has 0 radical (unpaired) electrons. The molecule has 0 saturated carbocycles. The summed E-state index contributed by atoms with van der Waals surface area (Å²) in [6, 6.07) is 5.33. The molecule has 1 unspecified atom stereocenters. The van der Waals surface area contributed by atoms with E-state index in [4.69, 9.17) is 9.47 Å². The van der Waals surface area contributed by atoms with Crippen molar-refractivity contribution in [2.24, 2.45) is 0 Å². The summed E-state index contributed by atoms with van der Waals surface area (Å²) in [6.07, 6.45) is 2.67. The van der Waals surface area contributed by atoms with Gasteiger partial charge in [-0.2, -0.15) is 0 Å². The fourth-order valence-electron chi connectivity index (χ4n) is 2.03. The second kappa shape index (κ2) is 5.75. The SMILES string of the molecule is CCn1ccnc1C(O)c1cc(OC)ccc1OC. The van der Waals surface area contributed by atoms with Gasteiger partial charge in [-0.1, -0.05) is 0 Å². The molecule has 1 aromatic carbocycles. The lowest BCUT2D eigenvalue weighted by Crippen LogP contribution is -2.10. The fourth-order valence-corrected chi connectivity index (χ4v) is 2.03. The smallest absolute Gasteiger partial charge is 0.142 e. The maximum atomic E-state index is 10.5. The van der Waals surface area contributed by atoms with Crippen LogP contribution >= 0.6 is 0 Å². The molecule has 0 amide bonds. The number of aromatic nitrogens is 2. The van der Waals surface area contributed by atoms with E-state index in [0.717, 1.165) is 6.54 Å². The monoisotopic (exact) mass is 262 g/mol. The topological polar surface area (TPSA) is 56.5 Å². The molecule has 1 aromatic heterocycles. The molecular formula is C14H18N2O3. The Balaban J connectivity index is 2.45. The number of benzene rings is 1. The Morgan fingerprint density at radius 1 is 1.32 bits per heavy atom. The molecular weight excluding hydrogens is 244 g/mol. The molecule has 0 fully saturated rings. The van der Waals surface area contributed by atoms with Gasteiger partial charge in [-0.25, -0.2) is 4.98 Å². The van der Waals surface area contributed by atoms with Crippen LogP contribution in [0.5, 0.6) is 11.5 Å². The number of rotatable bonds is 5. The number of nitrogens with zero attached hydrogens (tertiary/aromatic N) is 2. The lowest BCUT2D eigenvalue weighted by Gasteiger charge is -2.16. The summed E-state index contributed by atoms with van der Waals surface area (Å²) in [7, 11) is 3.16. The van der Waals surface area contributed by atoms with Crippen molar-refractivity contribution in [3.63, 3.8) is 0 Å². The molecule has 0 saturated heterocycles. The molecule has 102 valence electrons. The second-order valence-electron chi connectivity index (χ2n) is 4.08. The van der Waals surface area contributed by atoms with Gasteiger partial charge in [-0.05, 0) is 25.1 Å². The highest BCUT2D eigenvalue weighted by Gasteiger charge is 2.20. The van der Waals surface area contributed by atoms with Crippen LogP contribution in [-0.4, -0.2) is 28.9 Å². The van der Waals surface area contributed by atoms with Gasteiger partial charge in [0.1, 0.15) is 23.4 Å². The zero-order chi connectivity index (χ0) is 13.8. The van der Waals surface area contributed by atoms with Crippen molar-refractivity contribution in [3.8, 4) is 11.5 Å². The van der Waals surface area contributed by atoms with Crippen molar-refractivity contribution < 1.29 is 14.6 Å². The van der Waals surface area contributed by atoms with Gasteiger partial charge < -0.3 is 19.1 Å². The molecule has 19 heavy (non-hydrogen) atoms. The van der Waals surface area contributed by atoms with Crippen LogP contribution in [0, 0.1) is 0 Å². The Morgan fingerprint density at radius 2 is 2.11 bits per heavy atom. The Hall–Kier alpha value is -2.01. The molecule has 1 heterocycles. The second-order valence-corrected chi connectivity index (χ2v) is 4.08. The van der Waals surface area contributed by atoms with Crippen LogP contribution < -0.4 is 9.47 Å². The molecule has 1 atom stereocenters. The van der Waals surface area contributed by atoms with Gasteiger partial charge >= 0.3 is 0 Å². The van der Waals surface area contributed by atoms with E-state index in [9.17, 15) is 5.11 Å². The molecule has 0 aliphatic rings. The van der Waals surface area contributed by atoms with Crippen molar-refractivity contribution >= 4 is 0 Å². The van der Waals surface area contributed by atoms with Gasteiger partial charge in [-0.3, -0.25) is 0 Å². The number of imidazole rings is 1. The molecule has 5 nitrogen and oxygen atoms in total. The zero-order valence-corrected chi connectivity index (χ0v) is 11.3. The first-order valence-corrected chi connectivity index (χ1v) is 6.12. The van der Waals surface area contributed by atoms with Gasteiger partial charge in [0.15, 0.2) is 0 Å².